The van der Waals surface area contributed by atoms with E-state index in [-0.39, 0.29) is 12.0 Å². The van der Waals surface area contributed by atoms with Crippen molar-refractivity contribution in [2.75, 3.05) is 19.3 Å². The average molecular weight is 361 g/mol. The van der Waals surface area contributed by atoms with Gasteiger partial charge in [-0.05, 0) is 54.9 Å². The van der Waals surface area contributed by atoms with Crippen LogP contribution in [0.1, 0.15) is 67.9 Å². The first-order valence-corrected chi connectivity index (χ1v) is 10.7. The Balaban J connectivity index is 0.000000880. The van der Waals surface area contributed by atoms with Crippen LogP contribution in [-0.2, 0) is 4.79 Å². The highest BCUT2D eigenvalue weighted by Gasteiger charge is 2.47. The molecule has 0 aromatic heterocycles. The van der Waals surface area contributed by atoms with Gasteiger partial charge in [0.05, 0.1) is 0 Å². The van der Waals surface area contributed by atoms with Gasteiger partial charge in [0.15, 0.2) is 0 Å². The minimum atomic E-state index is 0.186. The summed E-state index contributed by atoms with van der Waals surface area (Å²) in [6.07, 6.45) is 10.4. The number of nitrogens with two attached hydrogens (primary N) is 1. The van der Waals surface area contributed by atoms with Crippen molar-refractivity contribution in [2.24, 2.45) is 11.7 Å². The number of hydrogen-bond acceptors (Lipinski definition) is 3. The minimum absolute atomic E-state index is 0.186. The Morgan fingerprint density at radius 1 is 1.08 bits per heavy atom. The second-order valence-electron chi connectivity index (χ2n) is 7.75. The molecule has 2 saturated carbocycles. The smallest absolute Gasteiger partial charge is 0.226 e. The Labute approximate surface area is 157 Å². The van der Waals surface area contributed by atoms with Crippen molar-refractivity contribution in [1.29, 1.82) is 0 Å². The van der Waals surface area contributed by atoms with Crippen molar-refractivity contribution in [1.82, 2.24) is 4.90 Å². The molecule has 1 aromatic rings. The fourth-order valence-corrected chi connectivity index (χ4v) is 4.67. The van der Waals surface area contributed by atoms with Crippen LogP contribution < -0.4 is 5.73 Å². The molecule has 1 aliphatic heterocycles. The maximum absolute atomic E-state index is 12.7. The van der Waals surface area contributed by atoms with E-state index >= 15 is 0 Å². The number of benzene rings is 1. The van der Waals surface area contributed by atoms with E-state index in [1.807, 2.05) is 4.90 Å². The normalized spacial score (nSPS) is 29.1. The molecule has 1 aromatic carbocycles. The highest BCUT2D eigenvalue weighted by Crippen LogP contribution is 2.51. The zero-order valence-electron chi connectivity index (χ0n) is 15.4. The van der Waals surface area contributed by atoms with Crippen LogP contribution in [0, 0.1) is 5.92 Å². The zero-order chi connectivity index (χ0) is 17.8. The quantitative estimate of drug-likeness (QED) is 0.802. The third kappa shape index (κ3) is 4.22. The second kappa shape index (κ2) is 8.59. The zero-order valence-corrected chi connectivity index (χ0v) is 16.3. The molecule has 3 aliphatic rings. The van der Waals surface area contributed by atoms with Gasteiger partial charge in [-0.2, -0.15) is 12.6 Å². The molecule has 0 spiro atoms. The maximum Gasteiger partial charge on any atom is 0.226 e. The maximum atomic E-state index is 12.7. The molecule has 25 heavy (non-hydrogen) atoms. The Kier molecular flexibility index (Phi) is 6.45. The van der Waals surface area contributed by atoms with Gasteiger partial charge in [0.2, 0.25) is 5.91 Å². The lowest BCUT2D eigenvalue weighted by atomic mass is 9.81. The lowest BCUT2D eigenvalue weighted by Crippen LogP contribution is -2.33. The first kappa shape index (κ1) is 18.8. The van der Waals surface area contributed by atoms with Gasteiger partial charge in [-0.15, -0.1) is 0 Å². The predicted molar refractivity (Wildman–Crippen MR) is 107 cm³/mol. The van der Waals surface area contributed by atoms with Gasteiger partial charge in [-0.25, -0.2) is 0 Å². The number of hydrogen-bond donors (Lipinski definition) is 2. The van der Waals surface area contributed by atoms with E-state index in [4.69, 9.17) is 5.73 Å². The summed E-state index contributed by atoms with van der Waals surface area (Å²) in [5, 5.41) is 0. The molecule has 0 bridgehead atoms. The molecule has 1 saturated heterocycles. The first-order valence-electron chi connectivity index (χ1n) is 9.82. The van der Waals surface area contributed by atoms with E-state index in [1.54, 1.807) is 6.26 Å². The molecule has 3 unspecified atom stereocenters. The van der Waals surface area contributed by atoms with Gasteiger partial charge < -0.3 is 10.6 Å². The Hall–Kier alpha value is -1.00. The number of thiol groups is 1. The Morgan fingerprint density at radius 2 is 1.76 bits per heavy atom. The molecule has 4 heteroatoms. The summed E-state index contributed by atoms with van der Waals surface area (Å²) in [5.41, 5.74) is 8.95. The van der Waals surface area contributed by atoms with Crippen LogP contribution in [0.3, 0.4) is 0 Å². The molecule has 3 atom stereocenters. The number of amides is 1. The summed E-state index contributed by atoms with van der Waals surface area (Å²) in [7, 11) is 0. The molecule has 1 amide bonds. The van der Waals surface area contributed by atoms with Gasteiger partial charge in [-0.3, -0.25) is 4.79 Å². The van der Waals surface area contributed by atoms with E-state index in [9.17, 15) is 4.79 Å². The largest absolute Gasteiger partial charge is 0.341 e. The van der Waals surface area contributed by atoms with Crippen LogP contribution in [-0.4, -0.2) is 36.2 Å². The van der Waals surface area contributed by atoms with E-state index in [2.05, 4.69) is 36.9 Å². The van der Waals surface area contributed by atoms with Crippen molar-refractivity contribution in [3.63, 3.8) is 0 Å². The van der Waals surface area contributed by atoms with Crippen LogP contribution >= 0.6 is 12.6 Å². The molecule has 1 heterocycles. The first-order chi connectivity index (χ1) is 12.2. The minimum Gasteiger partial charge on any atom is -0.341 e. The summed E-state index contributed by atoms with van der Waals surface area (Å²) < 4.78 is 0. The SMILES string of the molecule is CS.NC1CCN(C(=O)C2CC2c2ccccc2C2CCCCC2)C1. The topological polar surface area (TPSA) is 46.3 Å². The standard InChI is InChI=1S/C20H28N2O.CH4S/c21-15-10-11-22(13-15)20(23)19-12-18(19)17-9-5-4-8-16(17)14-6-2-1-3-7-14;1-2/h4-5,8-9,14-15,18-19H,1-3,6-7,10-13,21H2;2H,1H3. The number of likely N-dealkylation sites (tertiary alicyclic amines) is 1. The lowest BCUT2D eigenvalue weighted by molar-refractivity contribution is -0.131. The summed E-state index contributed by atoms with van der Waals surface area (Å²) in [6.45, 7) is 1.61. The Bertz CT molecular complexity index is 585. The van der Waals surface area contributed by atoms with Crippen molar-refractivity contribution >= 4 is 18.5 Å². The summed E-state index contributed by atoms with van der Waals surface area (Å²) in [4.78, 5) is 14.7. The highest BCUT2D eigenvalue weighted by molar-refractivity contribution is 7.79. The van der Waals surface area contributed by atoms with Crippen LogP contribution in [0.2, 0.25) is 0 Å². The molecule has 138 valence electrons. The van der Waals surface area contributed by atoms with Crippen LogP contribution in [0.15, 0.2) is 24.3 Å². The fraction of sp³-hybridized carbons (Fsp3) is 0.667. The van der Waals surface area contributed by atoms with E-state index < -0.39 is 0 Å². The molecule has 3 nitrogen and oxygen atoms in total. The molecule has 4 rings (SSSR count). The number of carbonyl (C=O) groups is 1. The summed E-state index contributed by atoms with van der Waals surface area (Å²) in [6, 6.07) is 9.10. The van der Waals surface area contributed by atoms with Crippen molar-refractivity contribution in [3.8, 4) is 0 Å². The number of nitrogens with zero attached hydrogens (tertiary/aromatic N) is 1. The van der Waals surface area contributed by atoms with E-state index in [0.717, 1.165) is 31.8 Å². The molecule has 3 fully saturated rings. The summed E-state index contributed by atoms with van der Waals surface area (Å²) in [5.74, 6) is 1.74. The highest BCUT2D eigenvalue weighted by atomic mass is 32.1. The number of carbonyl (C=O) groups excluding carboxylic acids is 1. The molecule has 2 aliphatic carbocycles. The van der Waals surface area contributed by atoms with E-state index in [1.165, 1.54) is 43.2 Å². The van der Waals surface area contributed by atoms with Crippen LogP contribution in [0.4, 0.5) is 0 Å². The van der Waals surface area contributed by atoms with Gasteiger partial charge in [0, 0.05) is 25.0 Å². The van der Waals surface area contributed by atoms with Gasteiger partial charge >= 0.3 is 0 Å². The van der Waals surface area contributed by atoms with Crippen molar-refractivity contribution in [3.05, 3.63) is 35.4 Å². The van der Waals surface area contributed by atoms with Crippen LogP contribution in [0.5, 0.6) is 0 Å². The second-order valence-corrected chi connectivity index (χ2v) is 7.75. The van der Waals surface area contributed by atoms with E-state index in [0.29, 0.717) is 11.8 Å². The summed E-state index contributed by atoms with van der Waals surface area (Å²) >= 11 is 3.53. The lowest BCUT2D eigenvalue weighted by Gasteiger charge is -2.24. The third-order valence-electron chi connectivity index (χ3n) is 6.08. The fourth-order valence-electron chi connectivity index (χ4n) is 4.67. The monoisotopic (exact) mass is 360 g/mol. The van der Waals surface area contributed by atoms with Gasteiger partial charge in [0.1, 0.15) is 0 Å². The molecule has 2 N–H and O–H groups in total. The molecule has 0 radical (unpaired) electrons. The van der Waals surface area contributed by atoms with Crippen molar-refractivity contribution < 1.29 is 4.79 Å². The van der Waals surface area contributed by atoms with Gasteiger partial charge in [0.25, 0.3) is 0 Å². The molecular formula is C21H32N2OS. The van der Waals surface area contributed by atoms with Crippen molar-refractivity contribution in [2.45, 2.75) is 62.8 Å². The molecular weight excluding hydrogens is 328 g/mol. The Morgan fingerprint density at radius 3 is 2.40 bits per heavy atom. The predicted octanol–water partition coefficient (Wildman–Crippen LogP) is 3.94. The van der Waals surface area contributed by atoms with Gasteiger partial charge in [-0.1, -0.05) is 43.5 Å². The van der Waals surface area contributed by atoms with Crippen LogP contribution in [0.25, 0.3) is 0 Å². The average Bonchev–Trinajstić information content (AvgIpc) is 3.36. The third-order valence-corrected chi connectivity index (χ3v) is 6.08. The number of rotatable bonds is 3.